The van der Waals surface area contributed by atoms with Gasteiger partial charge in [0.25, 0.3) is 0 Å². The van der Waals surface area contributed by atoms with Gasteiger partial charge in [0.2, 0.25) is 5.91 Å². The molecule has 21 heavy (non-hydrogen) atoms. The molecule has 0 radical (unpaired) electrons. The number of para-hydroxylation sites is 1. The third-order valence-electron chi connectivity index (χ3n) is 3.40. The smallest absolute Gasteiger partial charge is 0.242 e. The van der Waals surface area contributed by atoms with Crippen molar-refractivity contribution in [3.63, 3.8) is 0 Å². The van der Waals surface area contributed by atoms with Crippen LogP contribution >= 0.6 is 12.4 Å². The van der Waals surface area contributed by atoms with Crippen molar-refractivity contribution in [2.45, 2.75) is 19.1 Å². The molecule has 2 rings (SSSR count). The number of morpholine rings is 1. The lowest BCUT2D eigenvalue weighted by Gasteiger charge is -2.32. The van der Waals surface area contributed by atoms with Gasteiger partial charge in [0.1, 0.15) is 18.4 Å². The van der Waals surface area contributed by atoms with Crippen LogP contribution in [-0.2, 0) is 9.53 Å². The molecule has 1 saturated heterocycles. The van der Waals surface area contributed by atoms with Crippen LogP contribution in [0.3, 0.4) is 0 Å². The van der Waals surface area contributed by atoms with E-state index in [0.717, 1.165) is 12.3 Å². The van der Waals surface area contributed by atoms with Gasteiger partial charge in [-0.05, 0) is 19.1 Å². The van der Waals surface area contributed by atoms with E-state index in [2.05, 4.69) is 5.32 Å². The number of hydrogen-bond donors (Lipinski definition) is 1. The predicted molar refractivity (Wildman–Crippen MR) is 84.0 cm³/mol. The standard InChI is InChI=1S/C15H22N2O3.ClH/c1-12-14(16-8-10-19-12)15(18)17(2)9-11-20-13-6-4-3-5-7-13;/h3-7,12,14,16H,8-11H2,1-2H3;1H/t12-,14+;/m1./s1. The summed E-state index contributed by atoms with van der Waals surface area (Å²) >= 11 is 0. The van der Waals surface area contributed by atoms with Crippen molar-refractivity contribution < 1.29 is 14.3 Å². The molecule has 0 unspecified atom stereocenters. The molecule has 6 heteroatoms. The van der Waals surface area contributed by atoms with E-state index in [1.165, 1.54) is 0 Å². The highest BCUT2D eigenvalue weighted by atomic mass is 35.5. The maximum Gasteiger partial charge on any atom is 0.242 e. The van der Waals surface area contributed by atoms with Gasteiger partial charge < -0.3 is 19.7 Å². The van der Waals surface area contributed by atoms with Crippen LogP contribution in [0.2, 0.25) is 0 Å². The fourth-order valence-corrected chi connectivity index (χ4v) is 2.17. The van der Waals surface area contributed by atoms with E-state index in [0.29, 0.717) is 19.8 Å². The second-order valence-electron chi connectivity index (χ2n) is 4.93. The molecule has 0 bridgehead atoms. The number of amides is 1. The highest BCUT2D eigenvalue weighted by Crippen LogP contribution is 2.09. The first-order valence-electron chi connectivity index (χ1n) is 6.96. The fourth-order valence-electron chi connectivity index (χ4n) is 2.17. The van der Waals surface area contributed by atoms with Gasteiger partial charge in [0.05, 0.1) is 19.3 Å². The van der Waals surface area contributed by atoms with Crippen molar-refractivity contribution in [1.82, 2.24) is 10.2 Å². The Morgan fingerprint density at radius 2 is 2.14 bits per heavy atom. The SMILES string of the molecule is C[C@H]1OCCN[C@@H]1C(=O)N(C)CCOc1ccccc1.Cl. The second kappa shape index (κ2) is 8.87. The van der Waals surface area contributed by atoms with Gasteiger partial charge >= 0.3 is 0 Å². The summed E-state index contributed by atoms with van der Waals surface area (Å²) in [5.41, 5.74) is 0. The molecular weight excluding hydrogens is 292 g/mol. The van der Waals surface area contributed by atoms with Gasteiger partial charge in [0.15, 0.2) is 0 Å². The van der Waals surface area contributed by atoms with Gasteiger partial charge in [-0.25, -0.2) is 0 Å². The molecule has 0 spiro atoms. The summed E-state index contributed by atoms with van der Waals surface area (Å²) in [6, 6.07) is 9.34. The number of likely N-dealkylation sites (N-methyl/N-ethyl adjacent to an activating group) is 1. The monoisotopic (exact) mass is 314 g/mol. The number of carbonyl (C=O) groups is 1. The molecule has 0 saturated carbocycles. The first-order valence-corrected chi connectivity index (χ1v) is 6.96. The number of hydrogen-bond acceptors (Lipinski definition) is 4. The Morgan fingerprint density at radius 1 is 1.43 bits per heavy atom. The average Bonchev–Trinajstić information content (AvgIpc) is 2.48. The highest BCUT2D eigenvalue weighted by Gasteiger charge is 2.30. The Morgan fingerprint density at radius 3 is 2.81 bits per heavy atom. The van der Waals surface area contributed by atoms with E-state index in [9.17, 15) is 4.79 Å². The summed E-state index contributed by atoms with van der Waals surface area (Å²) < 4.78 is 11.1. The lowest BCUT2D eigenvalue weighted by molar-refractivity contribution is -0.138. The molecule has 1 aromatic rings. The molecule has 1 heterocycles. The van der Waals surface area contributed by atoms with Crippen molar-refractivity contribution in [1.29, 1.82) is 0 Å². The van der Waals surface area contributed by atoms with Crippen LogP contribution in [-0.4, -0.2) is 56.3 Å². The average molecular weight is 315 g/mol. The normalized spacial score (nSPS) is 21.2. The Balaban J connectivity index is 0.00000220. The minimum atomic E-state index is -0.259. The molecular formula is C15H23ClN2O3. The van der Waals surface area contributed by atoms with Gasteiger partial charge in [0, 0.05) is 13.6 Å². The van der Waals surface area contributed by atoms with Crippen LogP contribution in [0.5, 0.6) is 5.75 Å². The second-order valence-corrected chi connectivity index (χ2v) is 4.93. The minimum absolute atomic E-state index is 0. The number of rotatable bonds is 5. The van der Waals surface area contributed by atoms with Gasteiger partial charge in [-0.1, -0.05) is 18.2 Å². The molecule has 0 aliphatic carbocycles. The van der Waals surface area contributed by atoms with Crippen LogP contribution in [0.1, 0.15) is 6.92 Å². The van der Waals surface area contributed by atoms with E-state index < -0.39 is 0 Å². The highest BCUT2D eigenvalue weighted by molar-refractivity contribution is 5.85. The first-order chi connectivity index (χ1) is 9.68. The summed E-state index contributed by atoms with van der Waals surface area (Å²) in [5.74, 6) is 0.870. The third kappa shape index (κ3) is 5.19. The zero-order chi connectivity index (χ0) is 14.4. The van der Waals surface area contributed by atoms with Crippen LogP contribution < -0.4 is 10.1 Å². The molecule has 0 aromatic heterocycles. The molecule has 1 N–H and O–H groups in total. The molecule has 1 amide bonds. The number of carbonyl (C=O) groups excluding carboxylic acids is 1. The molecule has 1 fully saturated rings. The summed E-state index contributed by atoms with van der Waals surface area (Å²) in [4.78, 5) is 14.0. The molecule has 1 aliphatic rings. The lowest BCUT2D eigenvalue weighted by atomic mass is 10.1. The van der Waals surface area contributed by atoms with Crippen LogP contribution in [0.25, 0.3) is 0 Å². The Labute approximate surface area is 132 Å². The number of ether oxygens (including phenoxy) is 2. The summed E-state index contributed by atoms with van der Waals surface area (Å²) in [6.07, 6.45) is -0.0891. The van der Waals surface area contributed by atoms with Crippen LogP contribution in [0.4, 0.5) is 0 Å². The van der Waals surface area contributed by atoms with E-state index in [4.69, 9.17) is 9.47 Å². The predicted octanol–water partition coefficient (Wildman–Crippen LogP) is 1.32. The maximum atomic E-state index is 12.3. The summed E-state index contributed by atoms with van der Waals surface area (Å²) in [6.45, 7) is 4.33. The summed E-state index contributed by atoms with van der Waals surface area (Å²) in [7, 11) is 1.79. The topological polar surface area (TPSA) is 50.8 Å². The van der Waals surface area contributed by atoms with E-state index in [1.807, 2.05) is 37.3 Å². The van der Waals surface area contributed by atoms with Gasteiger partial charge in [-0.15, -0.1) is 12.4 Å². The van der Waals surface area contributed by atoms with E-state index >= 15 is 0 Å². The van der Waals surface area contributed by atoms with Crippen molar-refractivity contribution >= 4 is 18.3 Å². The zero-order valence-electron chi connectivity index (χ0n) is 12.5. The maximum absolute atomic E-state index is 12.3. The van der Waals surface area contributed by atoms with Gasteiger partial charge in [-0.3, -0.25) is 4.79 Å². The first kappa shape index (κ1) is 17.8. The van der Waals surface area contributed by atoms with Crippen molar-refractivity contribution in [2.75, 3.05) is 33.4 Å². The van der Waals surface area contributed by atoms with E-state index in [-0.39, 0.29) is 30.5 Å². The molecule has 1 aromatic carbocycles. The Bertz CT molecular complexity index is 430. The van der Waals surface area contributed by atoms with Crippen molar-refractivity contribution in [2.24, 2.45) is 0 Å². The van der Waals surface area contributed by atoms with Crippen LogP contribution in [0.15, 0.2) is 30.3 Å². The number of nitrogens with one attached hydrogen (secondary N) is 1. The largest absolute Gasteiger partial charge is 0.492 e. The van der Waals surface area contributed by atoms with Crippen molar-refractivity contribution in [3.05, 3.63) is 30.3 Å². The quantitative estimate of drug-likeness (QED) is 0.890. The Hall–Kier alpha value is -1.30. The molecule has 5 nitrogen and oxygen atoms in total. The van der Waals surface area contributed by atoms with Crippen molar-refractivity contribution in [3.8, 4) is 5.75 Å². The molecule has 2 atom stereocenters. The van der Waals surface area contributed by atoms with E-state index in [1.54, 1.807) is 11.9 Å². The minimum Gasteiger partial charge on any atom is -0.492 e. The summed E-state index contributed by atoms with van der Waals surface area (Å²) in [5, 5.41) is 3.20. The van der Waals surface area contributed by atoms with Crippen LogP contribution in [0, 0.1) is 0 Å². The van der Waals surface area contributed by atoms with Gasteiger partial charge in [-0.2, -0.15) is 0 Å². The lowest BCUT2D eigenvalue weighted by Crippen LogP contribution is -2.56. The number of benzene rings is 1. The number of halogens is 1. The third-order valence-corrected chi connectivity index (χ3v) is 3.40. The molecule has 1 aliphatic heterocycles. The Kier molecular flexibility index (Phi) is 7.50. The molecule has 118 valence electrons. The number of nitrogens with zero attached hydrogens (tertiary/aromatic N) is 1. The fraction of sp³-hybridized carbons (Fsp3) is 0.533. The zero-order valence-corrected chi connectivity index (χ0v) is 13.3.